The molecular weight excluding hydrogens is 394 g/mol. The van der Waals surface area contributed by atoms with Gasteiger partial charge in [-0.15, -0.1) is 5.10 Å². The molecule has 8 nitrogen and oxygen atoms in total. The predicted molar refractivity (Wildman–Crippen MR) is 109 cm³/mol. The second kappa shape index (κ2) is 9.11. The number of nitrogens with one attached hydrogen (secondary N) is 1. The summed E-state index contributed by atoms with van der Waals surface area (Å²) >= 11 is 5.84. The van der Waals surface area contributed by atoms with Gasteiger partial charge in [-0.2, -0.15) is 5.10 Å². The number of amides is 1. The fraction of sp³-hybridized carbons (Fsp3) is 0.150. The van der Waals surface area contributed by atoms with Crippen LogP contribution >= 0.6 is 11.6 Å². The van der Waals surface area contributed by atoms with Crippen molar-refractivity contribution in [1.82, 2.24) is 20.4 Å². The number of hydrogen-bond acceptors (Lipinski definition) is 6. The van der Waals surface area contributed by atoms with E-state index < -0.39 is 5.91 Å². The molecule has 1 aromatic heterocycles. The second-order valence-electron chi connectivity index (χ2n) is 6.09. The third-order valence-corrected chi connectivity index (χ3v) is 4.21. The van der Waals surface area contributed by atoms with Gasteiger partial charge < -0.3 is 10.1 Å². The number of nitrogens with zero attached hydrogens (tertiary/aromatic N) is 4. The molecule has 0 bridgehead atoms. The van der Waals surface area contributed by atoms with E-state index in [4.69, 9.17) is 16.3 Å². The van der Waals surface area contributed by atoms with Crippen LogP contribution in [0.1, 0.15) is 32.0 Å². The Labute approximate surface area is 172 Å². The molecule has 0 aliphatic rings. The molecule has 0 atom stereocenters. The highest BCUT2D eigenvalue weighted by Gasteiger charge is 2.21. The van der Waals surface area contributed by atoms with Gasteiger partial charge in [0.05, 0.1) is 6.21 Å². The lowest BCUT2D eigenvalue weighted by Gasteiger charge is -2.06. The lowest BCUT2D eigenvalue weighted by molar-refractivity contribution is 0.0898. The molecule has 0 saturated carbocycles. The first-order chi connectivity index (χ1) is 14.0. The molecule has 148 valence electrons. The number of Topliss-reactive ketones (excluding diaryl/α,β-unsaturated/α-hetero) is 1. The number of benzene rings is 2. The van der Waals surface area contributed by atoms with Gasteiger partial charge in [-0.1, -0.05) is 46.2 Å². The van der Waals surface area contributed by atoms with Gasteiger partial charge in [0.25, 0.3) is 11.8 Å². The summed E-state index contributed by atoms with van der Waals surface area (Å²) in [6.45, 7) is 1.66. The predicted octanol–water partition coefficient (Wildman–Crippen LogP) is 2.74. The number of aryl methyl sites for hydroxylation is 1. The van der Waals surface area contributed by atoms with Crippen LogP contribution in [0.2, 0.25) is 5.02 Å². The van der Waals surface area contributed by atoms with E-state index in [9.17, 15) is 9.59 Å². The molecule has 0 aliphatic carbocycles. The summed E-state index contributed by atoms with van der Waals surface area (Å²) in [6, 6.07) is 14.1. The van der Waals surface area contributed by atoms with Crippen molar-refractivity contribution in [2.24, 2.45) is 5.10 Å². The molecule has 0 saturated heterocycles. The highest BCUT2D eigenvalue weighted by atomic mass is 35.5. The van der Waals surface area contributed by atoms with Gasteiger partial charge in [0, 0.05) is 17.6 Å². The lowest BCUT2D eigenvalue weighted by atomic mass is 10.1. The zero-order valence-electron chi connectivity index (χ0n) is 15.8. The molecule has 2 aromatic carbocycles. The van der Waals surface area contributed by atoms with Gasteiger partial charge >= 0.3 is 0 Å². The maximum absolute atomic E-state index is 12.4. The first-order valence-electron chi connectivity index (χ1n) is 8.68. The SMILES string of the molecule is CNC(=O)c1nnn(N=Cc2ccc(C)cc2)c1OCC(=O)c1ccc(Cl)cc1. The summed E-state index contributed by atoms with van der Waals surface area (Å²) in [5, 5.41) is 14.8. The summed E-state index contributed by atoms with van der Waals surface area (Å²) in [4.78, 5) is 25.5. The summed E-state index contributed by atoms with van der Waals surface area (Å²) < 4.78 is 5.57. The van der Waals surface area contributed by atoms with E-state index in [1.54, 1.807) is 30.5 Å². The zero-order chi connectivity index (χ0) is 20.8. The molecule has 0 radical (unpaired) electrons. The van der Waals surface area contributed by atoms with E-state index in [2.05, 4.69) is 20.7 Å². The van der Waals surface area contributed by atoms with Gasteiger partial charge in [-0.05, 0) is 42.0 Å². The average molecular weight is 412 g/mol. The summed E-state index contributed by atoms with van der Waals surface area (Å²) in [6.07, 6.45) is 1.55. The molecule has 0 unspecified atom stereocenters. The summed E-state index contributed by atoms with van der Waals surface area (Å²) in [5.74, 6) is -0.828. The van der Waals surface area contributed by atoms with Crippen molar-refractivity contribution in [3.63, 3.8) is 0 Å². The standard InChI is InChI=1S/C20H18ClN5O3/c1-13-3-5-14(6-4-13)11-23-26-20(18(24-25-26)19(28)22-2)29-12-17(27)15-7-9-16(21)10-8-15/h3-11H,12H2,1-2H3,(H,22,28). The molecule has 0 spiro atoms. The molecule has 29 heavy (non-hydrogen) atoms. The van der Waals surface area contributed by atoms with Crippen molar-refractivity contribution in [2.45, 2.75) is 6.92 Å². The smallest absolute Gasteiger partial charge is 0.277 e. The molecule has 3 rings (SSSR count). The van der Waals surface area contributed by atoms with E-state index in [1.807, 2.05) is 31.2 Å². The maximum atomic E-state index is 12.4. The molecule has 3 aromatic rings. The van der Waals surface area contributed by atoms with Gasteiger partial charge in [0.1, 0.15) is 0 Å². The number of carbonyl (C=O) groups is 2. The van der Waals surface area contributed by atoms with Crippen LogP contribution in [0.25, 0.3) is 0 Å². The van der Waals surface area contributed by atoms with Gasteiger partial charge in [0.15, 0.2) is 12.4 Å². The Morgan fingerprint density at radius 3 is 2.52 bits per heavy atom. The van der Waals surface area contributed by atoms with Crippen LogP contribution in [0.15, 0.2) is 53.6 Å². The van der Waals surface area contributed by atoms with Gasteiger partial charge in [-0.3, -0.25) is 9.59 Å². The number of aromatic nitrogens is 3. The van der Waals surface area contributed by atoms with Crippen molar-refractivity contribution in [2.75, 3.05) is 13.7 Å². The Morgan fingerprint density at radius 1 is 1.17 bits per heavy atom. The molecule has 1 N–H and O–H groups in total. The Morgan fingerprint density at radius 2 is 1.86 bits per heavy atom. The minimum absolute atomic E-state index is 0.0324. The number of hydrogen-bond donors (Lipinski definition) is 1. The van der Waals surface area contributed by atoms with E-state index in [1.165, 1.54) is 7.05 Å². The quantitative estimate of drug-likeness (QED) is 0.476. The Balaban J connectivity index is 1.82. The van der Waals surface area contributed by atoms with Crippen molar-refractivity contribution < 1.29 is 14.3 Å². The van der Waals surface area contributed by atoms with Crippen LogP contribution < -0.4 is 10.1 Å². The molecule has 9 heteroatoms. The summed E-state index contributed by atoms with van der Waals surface area (Å²) in [7, 11) is 1.46. The largest absolute Gasteiger partial charge is 0.466 e. The average Bonchev–Trinajstić information content (AvgIpc) is 3.14. The lowest BCUT2D eigenvalue weighted by Crippen LogP contribution is -2.21. The van der Waals surface area contributed by atoms with Gasteiger partial charge in [-0.25, -0.2) is 0 Å². The highest BCUT2D eigenvalue weighted by Crippen LogP contribution is 2.17. The highest BCUT2D eigenvalue weighted by molar-refractivity contribution is 6.30. The second-order valence-corrected chi connectivity index (χ2v) is 6.52. The summed E-state index contributed by atoms with van der Waals surface area (Å²) in [5.41, 5.74) is 2.31. The van der Waals surface area contributed by atoms with Crippen LogP contribution in [-0.4, -0.2) is 46.7 Å². The maximum Gasteiger partial charge on any atom is 0.277 e. The molecule has 1 amide bonds. The Hall–Kier alpha value is -3.52. The third-order valence-electron chi connectivity index (χ3n) is 3.96. The number of carbonyl (C=O) groups excluding carboxylic acids is 2. The van der Waals surface area contributed by atoms with E-state index in [0.717, 1.165) is 15.9 Å². The minimum atomic E-state index is -0.504. The van der Waals surface area contributed by atoms with Crippen LogP contribution in [0.4, 0.5) is 0 Å². The molecule has 0 aliphatic heterocycles. The van der Waals surface area contributed by atoms with Crippen molar-refractivity contribution in [3.05, 3.63) is 75.9 Å². The van der Waals surface area contributed by atoms with Crippen LogP contribution in [0.5, 0.6) is 5.88 Å². The molecular formula is C20H18ClN5O3. The first-order valence-corrected chi connectivity index (χ1v) is 9.06. The normalized spacial score (nSPS) is 10.9. The van der Waals surface area contributed by atoms with E-state index in [-0.39, 0.29) is 24.0 Å². The monoisotopic (exact) mass is 411 g/mol. The van der Waals surface area contributed by atoms with Crippen molar-refractivity contribution >= 4 is 29.5 Å². The topological polar surface area (TPSA) is 98.5 Å². The van der Waals surface area contributed by atoms with E-state index in [0.29, 0.717) is 10.6 Å². The molecule has 1 heterocycles. The Kier molecular flexibility index (Phi) is 6.36. The van der Waals surface area contributed by atoms with Crippen LogP contribution in [0, 0.1) is 6.92 Å². The van der Waals surface area contributed by atoms with Gasteiger partial charge in [0.2, 0.25) is 5.69 Å². The van der Waals surface area contributed by atoms with Crippen molar-refractivity contribution in [1.29, 1.82) is 0 Å². The number of ether oxygens (including phenoxy) is 1. The zero-order valence-corrected chi connectivity index (χ0v) is 16.6. The Bertz CT molecular complexity index is 1040. The van der Waals surface area contributed by atoms with Crippen LogP contribution in [0.3, 0.4) is 0 Å². The number of rotatable bonds is 7. The number of ketones is 1. The third kappa shape index (κ3) is 5.05. The van der Waals surface area contributed by atoms with Crippen LogP contribution in [-0.2, 0) is 0 Å². The molecule has 0 fully saturated rings. The minimum Gasteiger partial charge on any atom is -0.466 e. The number of halogens is 1. The fourth-order valence-electron chi connectivity index (χ4n) is 2.35. The first kappa shape index (κ1) is 20.2. The fourth-order valence-corrected chi connectivity index (χ4v) is 2.48. The van der Waals surface area contributed by atoms with E-state index >= 15 is 0 Å². The van der Waals surface area contributed by atoms with Crippen molar-refractivity contribution in [3.8, 4) is 5.88 Å².